The van der Waals surface area contributed by atoms with E-state index in [1.54, 1.807) is 0 Å². The summed E-state index contributed by atoms with van der Waals surface area (Å²) in [6, 6.07) is 25.6. The third-order valence-corrected chi connectivity index (χ3v) is 5.94. The van der Waals surface area contributed by atoms with Gasteiger partial charge in [-0.15, -0.1) is 10.2 Å². The van der Waals surface area contributed by atoms with Crippen molar-refractivity contribution in [3.05, 3.63) is 84.4 Å². The van der Waals surface area contributed by atoms with Crippen molar-refractivity contribution >= 4 is 40.0 Å². The van der Waals surface area contributed by atoms with Gasteiger partial charge in [0.25, 0.3) is 0 Å². The lowest BCUT2D eigenvalue weighted by Gasteiger charge is -2.10. The van der Waals surface area contributed by atoms with Gasteiger partial charge in [-0.2, -0.15) is 0 Å². The molecule has 0 saturated carbocycles. The van der Waals surface area contributed by atoms with Gasteiger partial charge < -0.3 is 5.32 Å². The lowest BCUT2D eigenvalue weighted by Crippen LogP contribution is -2.15. The molecule has 0 unspecified atom stereocenters. The van der Waals surface area contributed by atoms with Gasteiger partial charge in [0.1, 0.15) is 5.03 Å². The van der Waals surface area contributed by atoms with E-state index < -0.39 is 0 Å². The van der Waals surface area contributed by atoms with Crippen LogP contribution in [0.2, 0.25) is 0 Å². The molecule has 6 nitrogen and oxygen atoms in total. The second-order valence-electron chi connectivity index (χ2n) is 7.11. The highest BCUT2D eigenvalue weighted by molar-refractivity contribution is 8.00. The quantitative estimate of drug-likeness (QED) is 0.402. The van der Waals surface area contributed by atoms with Gasteiger partial charge in [-0.05, 0) is 30.7 Å². The third kappa shape index (κ3) is 3.75. The van der Waals surface area contributed by atoms with Crippen LogP contribution in [0.25, 0.3) is 28.1 Å². The first-order valence-corrected chi connectivity index (χ1v) is 10.9. The fourth-order valence-electron chi connectivity index (χ4n) is 3.46. The first-order chi connectivity index (χ1) is 15.2. The topological polar surface area (TPSA) is 72.2 Å². The number of nitrogens with zero attached hydrogens (tertiary/aromatic N) is 4. The second kappa shape index (κ2) is 8.20. The number of aryl methyl sites for hydroxylation is 1. The minimum absolute atomic E-state index is 0.0878. The maximum Gasteiger partial charge on any atom is 0.234 e. The molecule has 0 spiro atoms. The molecule has 5 aromatic rings. The maximum atomic E-state index is 12.6. The molecule has 0 aliphatic rings. The molecule has 0 atom stereocenters. The van der Waals surface area contributed by atoms with Crippen molar-refractivity contribution in [3.63, 3.8) is 0 Å². The van der Waals surface area contributed by atoms with E-state index in [2.05, 4.69) is 15.5 Å². The molecular weight excluding hydrogens is 406 g/mol. The molecule has 3 aromatic carbocycles. The van der Waals surface area contributed by atoms with E-state index in [9.17, 15) is 4.79 Å². The Hall–Kier alpha value is -3.71. The van der Waals surface area contributed by atoms with Gasteiger partial charge in [0.05, 0.1) is 16.8 Å². The van der Waals surface area contributed by atoms with Crippen LogP contribution in [-0.4, -0.2) is 31.2 Å². The number of hydrogen-bond acceptors (Lipinski definition) is 5. The van der Waals surface area contributed by atoms with Gasteiger partial charge in [-0.25, -0.2) is 4.98 Å². The summed E-state index contributed by atoms with van der Waals surface area (Å²) >= 11 is 1.36. The number of benzene rings is 3. The molecule has 0 radical (unpaired) electrons. The van der Waals surface area contributed by atoms with Crippen molar-refractivity contribution in [2.24, 2.45) is 0 Å². The van der Waals surface area contributed by atoms with Gasteiger partial charge in [0, 0.05) is 11.3 Å². The van der Waals surface area contributed by atoms with Crippen LogP contribution < -0.4 is 5.32 Å². The van der Waals surface area contributed by atoms with E-state index in [1.807, 2.05) is 90.2 Å². The number of hydrogen-bond donors (Lipinski definition) is 1. The first kappa shape index (κ1) is 19.3. The summed E-state index contributed by atoms with van der Waals surface area (Å²) in [5.74, 6) is 0.888. The Morgan fingerprint density at radius 1 is 0.935 bits per heavy atom. The molecule has 0 fully saturated rings. The highest BCUT2D eigenvalue weighted by Crippen LogP contribution is 2.29. The molecule has 5 rings (SSSR count). The normalized spacial score (nSPS) is 11.1. The first-order valence-electron chi connectivity index (χ1n) is 9.88. The van der Waals surface area contributed by atoms with E-state index in [4.69, 9.17) is 4.98 Å². The minimum Gasteiger partial charge on any atom is -0.325 e. The van der Waals surface area contributed by atoms with Gasteiger partial charge in [0.2, 0.25) is 5.91 Å². The van der Waals surface area contributed by atoms with Crippen LogP contribution >= 0.6 is 11.8 Å². The number of anilines is 1. The Bertz CT molecular complexity index is 1400. The monoisotopic (exact) mass is 425 g/mol. The van der Waals surface area contributed by atoms with E-state index in [0.29, 0.717) is 10.7 Å². The van der Waals surface area contributed by atoms with E-state index in [-0.39, 0.29) is 11.7 Å². The number of thioether (sulfide) groups is 1. The van der Waals surface area contributed by atoms with Gasteiger partial charge >= 0.3 is 0 Å². The average molecular weight is 426 g/mol. The van der Waals surface area contributed by atoms with Gasteiger partial charge in [-0.1, -0.05) is 72.4 Å². The highest BCUT2D eigenvalue weighted by atomic mass is 32.2. The van der Waals surface area contributed by atoms with Gasteiger partial charge in [-0.3, -0.25) is 9.20 Å². The van der Waals surface area contributed by atoms with Crippen molar-refractivity contribution in [2.45, 2.75) is 11.9 Å². The zero-order valence-corrected chi connectivity index (χ0v) is 17.6. The van der Waals surface area contributed by atoms with Crippen LogP contribution in [0, 0.1) is 6.92 Å². The SMILES string of the molecule is Cc1ccccc1NC(=O)CSc1nc2ccccc2n2c(-c3ccccc3)nnc12. The highest BCUT2D eigenvalue weighted by Gasteiger charge is 2.17. The third-order valence-electron chi connectivity index (χ3n) is 4.99. The van der Waals surface area contributed by atoms with Crippen LogP contribution in [-0.2, 0) is 4.79 Å². The molecule has 2 aromatic heterocycles. The number of para-hydroxylation sites is 3. The largest absolute Gasteiger partial charge is 0.325 e. The van der Waals surface area contributed by atoms with Crippen molar-refractivity contribution in [2.75, 3.05) is 11.1 Å². The fourth-order valence-corrected chi connectivity index (χ4v) is 4.23. The fraction of sp³-hybridized carbons (Fsp3) is 0.0833. The van der Waals surface area contributed by atoms with Crippen LogP contribution in [0.15, 0.2) is 83.9 Å². The molecule has 0 aliphatic heterocycles. The predicted octanol–water partition coefficient (Wildman–Crippen LogP) is 4.98. The van der Waals surface area contributed by atoms with E-state index in [0.717, 1.165) is 33.7 Å². The summed E-state index contributed by atoms with van der Waals surface area (Å²) in [5, 5.41) is 12.5. The molecule has 1 amide bonds. The number of carbonyl (C=O) groups excluding carboxylic acids is 1. The number of aromatic nitrogens is 4. The Balaban J connectivity index is 1.51. The zero-order chi connectivity index (χ0) is 21.2. The smallest absolute Gasteiger partial charge is 0.234 e. The number of fused-ring (bicyclic) bond motifs is 3. The van der Waals surface area contributed by atoms with Crippen molar-refractivity contribution in [1.82, 2.24) is 19.6 Å². The molecular formula is C24H19N5OS. The summed E-state index contributed by atoms with van der Waals surface area (Å²) in [4.78, 5) is 17.3. The standard InChI is InChI=1S/C24H19N5OS/c1-16-9-5-6-12-18(16)25-21(30)15-31-24-23-28-27-22(17-10-3-2-4-11-17)29(23)20-14-8-7-13-19(20)26-24/h2-14H,15H2,1H3,(H,25,30). The molecule has 31 heavy (non-hydrogen) atoms. The summed E-state index contributed by atoms with van der Waals surface area (Å²) in [6.07, 6.45) is 0. The van der Waals surface area contributed by atoms with E-state index >= 15 is 0 Å². The number of nitrogens with one attached hydrogen (secondary N) is 1. The Morgan fingerprint density at radius 2 is 1.68 bits per heavy atom. The van der Waals surface area contributed by atoms with Crippen molar-refractivity contribution in [1.29, 1.82) is 0 Å². The van der Waals surface area contributed by atoms with E-state index in [1.165, 1.54) is 11.8 Å². The van der Waals surface area contributed by atoms with Crippen molar-refractivity contribution in [3.8, 4) is 11.4 Å². The molecule has 0 bridgehead atoms. The summed E-state index contributed by atoms with van der Waals surface area (Å²) in [6.45, 7) is 1.97. The summed E-state index contributed by atoms with van der Waals surface area (Å²) in [7, 11) is 0. The molecule has 7 heteroatoms. The van der Waals surface area contributed by atoms with Crippen LogP contribution in [0.1, 0.15) is 5.56 Å². The second-order valence-corrected chi connectivity index (χ2v) is 8.07. The molecule has 2 heterocycles. The van der Waals surface area contributed by atoms with Gasteiger partial charge in [0.15, 0.2) is 11.5 Å². The minimum atomic E-state index is -0.0878. The molecule has 152 valence electrons. The molecule has 1 N–H and O–H groups in total. The van der Waals surface area contributed by atoms with Crippen LogP contribution in [0.3, 0.4) is 0 Å². The maximum absolute atomic E-state index is 12.6. The van der Waals surface area contributed by atoms with Crippen LogP contribution in [0.5, 0.6) is 0 Å². The lowest BCUT2D eigenvalue weighted by molar-refractivity contribution is -0.113. The Kier molecular flexibility index (Phi) is 5.09. The summed E-state index contributed by atoms with van der Waals surface area (Å²) in [5.41, 5.74) is 5.21. The Morgan fingerprint density at radius 3 is 2.52 bits per heavy atom. The van der Waals surface area contributed by atoms with Crippen molar-refractivity contribution < 1.29 is 4.79 Å². The average Bonchev–Trinajstić information content (AvgIpc) is 3.25. The predicted molar refractivity (Wildman–Crippen MR) is 124 cm³/mol. The lowest BCUT2D eigenvalue weighted by atomic mass is 10.2. The summed E-state index contributed by atoms with van der Waals surface area (Å²) < 4.78 is 2.01. The van der Waals surface area contributed by atoms with Crippen LogP contribution in [0.4, 0.5) is 5.69 Å². The number of rotatable bonds is 5. The Labute approximate surface area is 183 Å². The zero-order valence-electron chi connectivity index (χ0n) is 16.8. The number of carbonyl (C=O) groups is 1. The molecule has 0 aliphatic carbocycles. The molecule has 0 saturated heterocycles. The number of amides is 1.